The molecule has 0 fully saturated rings. The number of nitrogen functional groups attached to an aromatic ring is 1. The highest BCUT2D eigenvalue weighted by Gasteiger charge is 2.24. The van der Waals surface area contributed by atoms with Crippen molar-refractivity contribution in [3.8, 4) is 16.9 Å². The van der Waals surface area contributed by atoms with Gasteiger partial charge in [-0.1, -0.05) is 54.1 Å². The molecule has 0 aliphatic rings. The number of halogens is 1. The van der Waals surface area contributed by atoms with Gasteiger partial charge < -0.3 is 10.5 Å². The van der Waals surface area contributed by atoms with Crippen molar-refractivity contribution in [3.05, 3.63) is 105 Å². The maximum atomic E-state index is 13.4. The van der Waals surface area contributed by atoms with Crippen molar-refractivity contribution < 1.29 is 9.53 Å². The number of anilines is 1. The summed E-state index contributed by atoms with van der Waals surface area (Å²) < 4.78 is 5.54. The van der Waals surface area contributed by atoms with Gasteiger partial charge in [0.05, 0.1) is 17.2 Å². The van der Waals surface area contributed by atoms with Crippen LogP contribution >= 0.6 is 22.9 Å². The van der Waals surface area contributed by atoms with Gasteiger partial charge in [0.25, 0.3) is 0 Å². The quantitative estimate of drug-likeness (QED) is 0.314. The SMILES string of the molecule is CCOc1ccc(Cc2sc(N)c(C(=O)c3ccc(Cl)cc3)c2-c2ccccc2)cc1. The molecule has 0 bridgehead atoms. The second-order valence-electron chi connectivity index (χ2n) is 7.10. The molecule has 31 heavy (non-hydrogen) atoms. The highest BCUT2D eigenvalue weighted by Crippen LogP contribution is 2.41. The normalized spacial score (nSPS) is 10.8. The van der Waals surface area contributed by atoms with E-state index in [9.17, 15) is 4.79 Å². The Balaban J connectivity index is 1.78. The summed E-state index contributed by atoms with van der Waals surface area (Å²) in [5, 5.41) is 1.12. The van der Waals surface area contributed by atoms with E-state index in [1.807, 2.05) is 49.4 Å². The second-order valence-corrected chi connectivity index (χ2v) is 8.67. The van der Waals surface area contributed by atoms with Crippen LogP contribution in [0.25, 0.3) is 11.1 Å². The fourth-order valence-corrected chi connectivity index (χ4v) is 4.81. The number of hydrogen-bond donors (Lipinski definition) is 1. The first kappa shape index (κ1) is 21.2. The number of hydrogen-bond acceptors (Lipinski definition) is 4. The van der Waals surface area contributed by atoms with E-state index in [-0.39, 0.29) is 5.78 Å². The standard InChI is InChI=1S/C26H22ClNO2S/c1-2-30-21-14-8-17(9-15-21)16-22-23(18-6-4-3-5-7-18)24(26(28)31-22)25(29)19-10-12-20(27)13-11-19/h3-15H,2,16,28H2,1H3. The number of benzene rings is 3. The third-order valence-electron chi connectivity index (χ3n) is 5.00. The van der Waals surface area contributed by atoms with E-state index in [1.165, 1.54) is 11.3 Å². The van der Waals surface area contributed by atoms with Crippen LogP contribution in [0.5, 0.6) is 5.75 Å². The Kier molecular flexibility index (Phi) is 6.40. The third kappa shape index (κ3) is 4.66. The lowest BCUT2D eigenvalue weighted by Gasteiger charge is -2.09. The lowest BCUT2D eigenvalue weighted by atomic mass is 9.93. The van der Waals surface area contributed by atoms with E-state index in [0.717, 1.165) is 27.3 Å². The molecule has 2 N–H and O–H groups in total. The molecule has 4 rings (SSSR count). The summed E-state index contributed by atoms with van der Waals surface area (Å²) >= 11 is 7.47. The topological polar surface area (TPSA) is 52.3 Å². The number of carbonyl (C=O) groups is 1. The number of rotatable bonds is 7. The summed E-state index contributed by atoms with van der Waals surface area (Å²) in [5.74, 6) is 0.751. The predicted octanol–water partition coefficient (Wildman–Crippen LogP) is 6.87. The van der Waals surface area contributed by atoms with Crippen LogP contribution in [-0.2, 0) is 6.42 Å². The highest BCUT2D eigenvalue weighted by molar-refractivity contribution is 7.17. The molecular weight excluding hydrogens is 426 g/mol. The van der Waals surface area contributed by atoms with E-state index in [4.69, 9.17) is 22.1 Å². The van der Waals surface area contributed by atoms with E-state index < -0.39 is 0 Å². The Labute approximate surface area is 191 Å². The molecule has 3 aromatic carbocycles. The zero-order chi connectivity index (χ0) is 21.8. The van der Waals surface area contributed by atoms with Crippen LogP contribution in [0.4, 0.5) is 5.00 Å². The van der Waals surface area contributed by atoms with Crippen LogP contribution in [0.1, 0.15) is 33.3 Å². The maximum absolute atomic E-state index is 13.4. The van der Waals surface area contributed by atoms with Gasteiger partial charge in [0.1, 0.15) is 5.75 Å². The number of ketones is 1. The minimum absolute atomic E-state index is 0.0952. The van der Waals surface area contributed by atoms with Gasteiger partial charge in [-0.2, -0.15) is 0 Å². The molecule has 0 aliphatic heterocycles. The van der Waals surface area contributed by atoms with Gasteiger partial charge in [-0.15, -0.1) is 11.3 Å². The van der Waals surface area contributed by atoms with Crippen LogP contribution in [0.2, 0.25) is 5.02 Å². The van der Waals surface area contributed by atoms with Gasteiger partial charge in [-0.3, -0.25) is 4.79 Å². The van der Waals surface area contributed by atoms with Gasteiger partial charge >= 0.3 is 0 Å². The number of nitrogens with two attached hydrogens (primary N) is 1. The monoisotopic (exact) mass is 447 g/mol. The van der Waals surface area contributed by atoms with Gasteiger partial charge in [0.2, 0.25) is 0 Å². The first-order valence-corrected chi connectivity index (χ1v) is 11.2. The van der Waals surface area contributed by atoms with Crippen LogP contribution in [-0.4, -0.2) is 12.4 Å². The zero-order valence-electron chi connectivity index (χ0n) is 17.1. The largest absolute Gasteiger partial charge is 0.494 e. The third-order valence-corrected chi connectivity index (χ3v) is 6.27. The van der Waals surface area contributed by atoms with Crippen LogP contribution in [0.3, 0.4) is 0 Å². The van der Waals surface area contributed by atoms with Gasteiger partial charge in [0.15, 0.2) is 5.78 Å². The van der Waals surface area contributed by atoms with Crippen molar-refractivity contribution in [2.45, 2.75) is 13.3 Å². The van der Waals surface area contributed by atoms with Crippen molar-refractivity contribution in [1.29, 1.82) is 0 Å². The molecule has 0 spiro atoms. The zero-order valence-corrected chi connectivity index (χ0v) is 18.7. The number of ether oxygens (including phenoxy) is 1. The fraction of sp³-hybridized carbons (Fsp3) is 0.115. The van der Waals surface area contributed by atoms with Crippen LogP contribution < -0.4 is 10.5 Å². The Hall–Kier alpha value is -3.08. The molecule has 0 aliphatic carbocycles. The molecule has 0 saturated carbocycles. The van der Waals surface area contributed by atoms with E-state index in [1.54, 1.807) is 24.3 Å². The maximum Gasteiger partial charge on any atom is 0.196 e. The van der Waals surface area contributed by atoms with Crippen molar-refractivity contribution >= 4 is 33.7 Å². The molecule has 3 nitrogen and oxygen atoms in total. The van der Waals surface area contributed by atoms with Gasteiger partial charge in [0, 0.05) is 27.4 Å². The van der Waals surface area contributed by atoms with Gasteiger partial charge in [-0.25, -0.2) is 0 Å². The second kappa shape index (κ2) is 9.38. The Morgan fingerprint density at radius 3 is 2.29 bits per heavy atom. The molecule has 1 aromatic heterocycles. The molecule has 0 saturated heterocycles. The average molecular weight is 448 g/mol. The average Bonchev–Trinajstić information content (AvgIpc) is 3.11. The van der Waals surface area contributed by atoms with Crippen molar-refractivity contribution in [3.63, 3.8) is 0 Å². The number of thiophene rings is 1. The van der Waals surface area contributed by atoms with E-state index >= 15 is 0 Å². The smallest absolute Gasteiger partial charge is 0.196 e. The Bertz CT molecular complexity index is 1180. The number of carbonyl (C=O) groups excluding carboxylic acids is 1. The Morgan fingerprint density at radius 1 is 0.968 bits per heavy atom. The first-order valence-electron chi connectivity index (χ1n) is 10.1. The fourth-order valence-electron chi connectivity index (χ4n) is 3.56. The van der Waals surface area contributed by atoms with E-state index in [2.05, 4.69) is 12.1 Å². The van der Waals surface area contributed by atoms with Crippen LogP contribution in [0, 0.1) is 0 Å². The first-order chi connectivity index (χ1) is 15.1. The van der Waals surface area contributed by atoms with Crippen molar-refractivity contribution in [2.24, 2.45) is 0 Å². The molecule has 4 aromatic rings. The summed E-state index contributed by atoms with van der Waals surface area (Å²) in [7, 11) is 0. The van der Waals surface area contributed by atoms with Gasteiger partial charge in [-0.05, 0) is 54.4 Å². The predicted molar refractivity (Wildman–Crippen MR) is 129 cm³/mol. The molecule has 0 amide bonds. The molecule has 0 radical (unpaired) electrons. The van der Waals surface area contributed by atoms with Crippen LogP contribution in [0.15, 0.2) is 78.9 Å². The highest BCUT2D eigenvalue weighted by atomic mass is 35.5. The lowest BCUT2D eigenvalue weighted by Crippen LogP contribution is -2.05. The van der Waals surface area contributed by atoms with Crippen molar-refractivity contribution in [1.82, 2.24) is 0 Å². The lowest BCUT2D eigenvalue weighted by molar-refractivity contribution is 0.104. The summed E-state index contributed by atoms with van der Waals surface area (Å²) in [4.78, 5) is 14.5. The van der Waals surface area contributed by atoms with Crippen molar-refractivity contribution in [2.75, 3.05) is 12.3 Å². The van der Waals surface area contributed by atoms with E-state index in [0.29, 0.717) is 34.2 Å². The molecule has 156 valence electrons. The minimum atomic E-state index is -0.0952. The molecule has 0 unspecified atom stereocenters. The summed E-state index contributed by atoms with van der Waals surface area (Å²) in [6, 6.07) is 24.9. The summed E-state index contributed by atoms with van der Waals surface area (Å²) in [6.07, 6.45) is 0.680. The molecule has 1 heterocycles. The molecule has 0 atom stereocenters. The Morgan fingerprint density at radius 2 is 1.65 bits per heavy atom. The molecular formula is C26H22ClNO2S. The summed E-state index contributed by atoms with van der Waals surface area (Å²) in [6.45, 7) is 2.60. The summed E-state index contributed by atoms with van der Waals surface area (Å²) in [5.41, 5.74) is 10.6. The minimum Gasteiger partial charge on any atom is -0.494 e. The molecule has 5 heteroatoms.